The lowest BCUT2D eigenvalue weighted by atomic mass is 10.2. The van der Waals surface area contributed by atoms with Crippen LogP contribution in [0.25, 0.3) is 0 Å². The van der Waals surface area contributed by atoms with Crippen LogP contribution in [0.3, 0.4) is 0 Å². The van der Waals surface area contributed by atoms with Crippen LogP contribution in [0, 0.1) is 0 Å². The van der Waals surface area contributed by atoms with E-state index < -0.39 is 16.0 Å². The van der Waals surface area contributed by atoms with Crippen LogP contribution < -0.4 is 10.0 Å². The van der Waals surface area contributed by atoms with E-state index in [1.54, 1.807) is 36.4 Å². The second kappa shape index (κ2) is 8.48. The van der Waals surface area contributed by atoms with Crippen molar-refractivity contribution in [3.8, 4) is 0 Å². The molecule has 0 saturated heterocycles. The molecule has 0 aliphatic carbocycles. The van der Waals surface area contributed by atoms with Crippen molar-refractivity contribution in [2.75, 3.05) is 22.9 Å². The summed E-state index contributed by atoms with van der Waals surface area (Å²) in [6.45, 7) is 1.93. The average Bonchev–Trinajstić information content (AvgIpc) is 2.61. The summed E-state index contributed by atoms with van der Waals surface area (Å²) < 4.78 is 30.8. The van der Waals surface area contributed by atoms with Gasteiger partial charge in [-0.15, -0.1) is 0 Å². The number of carbonyl (C=O) groups excluding carboxylic acids is 1. The first-order valence-electron chi connectivity index (χ1n) is 7.85. The number of hydrogen-bond acceptors (Lipinski definition) is 6. The highest BCUT2D eigenvalue weighted by molar-refractivity contribution is 7.92. The van der Waals surface area contributed by atoms with Gasteiger partial charge in [0.1, 0.15) is 5.82 Å². The minimum atomic E-state index is -3.37. The Labute approximate surface area is 147 Å². The SMILES string of the molecule is CCCCS(=O)(=O)Nc1ccc(Nc2cccc(C(=O)OC)c2)cn1. The van der Waals surface area contributed by atoms with E-state index in [0.29, 0.717) is 23.4 Å². The molecule has 0 radical (unpaired) electrons. The monoisotopic (exact) mass is 363 g/mol. The molecule has 1 aromatic heterocycles. The van der Waals surface area contributed by atoms with Gasteiger partial charge in [-0.1, -0.05) is 19.4 Å². The van der Waals surface area contributed by atoms with Crippen LogP contribution in [0.2, 0.25) is 0 Å². The van der Waals surface area contributed by atoms with E-state index in [1.165, 1.54) is 13.3 Å². The number of ether oxygens (including phenoxy) is 1. The normalized spacial score (nSPS) is 11.0. The Morgan fingerprint density at radius 3 is 2.64 bits per heavy atom. The zero-order chi connectivity index (χ0) is 18.3. The van der Waals surface area contributed by atoms with Crippen molar-refractivity contribution in [3.63, 3.8) is 0 Å². The number of nitrogens with zero attached hydrogens (tertiary/aromatic N) is 1. The van der Waals surface area contributed by atoms with Gasteiger partial charge in [0.25, 0.3) is 0 Å². The maximum Gasteiger partial charge on any atom is 0.337 e. The summed E-state index contributed by atoms with van der Waals surface area (Å²) in [5.74, 6) is -0.0746. The van der Waals surface area contributed by atoms with Crippen LogP contribution >= 0.6 is 0 Å². The molecular weight excluding hydrogens is 342 g/mol. The van der Waals surface area contributed by atoms with Gasteiger partial charge >= 0.3 is 5.97 Å². The Hall–Kier alpha value is -2.61. The Morgan fingerprint density at radius 1 is 1.20 bits per heavy atom. The van der Waals surface area contributed by atoms with Crippen LogP contribution in [0.5, 0.6) is 0 Å². The molecule has 0 atom stereocenters. The smallest absolute Gasteiger partial charge is 0.337 e. The highest BCUT2D eigenvalue weighted by Gasteiger charge is 2.10. The number of nitrogens with one attached hydrogen (secondary N) is 2. The van der Waals surface area contributed by atoms with Gasteiger partial charge in [0, 0.05) is 5.69 Å². The lowest BCUT2D eigenvalue weighted by molar-refractivity contribution is 0.0601. The molecule has 0 aliphatic rings. The molecule has 2 N–H and O–H groups in total. The fraction of sp³-hybridized carbons (Fsp3) is 0.294. The van der Waals surface area contributed by atoms with Gasteiger partial charge in [-0.05, 0) is 36.8 Å². The number of esters is 1. The number of hydrogen-bond donors (Lipinski definition) is 2. The van der Waals surface area contributed by atoms with Crippen molar-refractivity contribution in [3.05, 3.63) is 48.2 Å². The third-order valence-corrected chi connectivity index (χ3v) is 4.71. The fourth-order valence-corrected chi connectivity index (χ4v) is 3.29. The number of anilines is 3. The fourth-order valence-electron chi connectivity index (χ4n) is 2.08. The Morgan fingerprint density at radius 2 is 2.00 bits per heavy atom. The summed E-state index contributed by atoms with van der Waals surface area (Å²) >= 11 is 0. The molecule has 2 aromatic rings. The number of pyridine rings is 1. The summed E-state index contributed by atoms with van der Waals surface area (Å²) in [5, 5.41) is 3.10. The second-order valence-electron chi connectivity index (χ2n) is 5.40. The molecule has 2 rings (SSSR count). The molecule has 8 heteroatoms. The number of rotatable bonds is 8. The molecule has 0 aliphatic heterocycles. The number of carbonyl (C=O) groups is 1. The van der Waals surface area contributed by atoms with Gasteiger partial charge in [-0.3, -0.25) is 4.72 Å². The third-order valence-electron chi connectivity index (χ3n) is 3.36. The average molecular weight is 363 g/mol. The summed E-state index contributed by atoms with van der Waals surface area (Å²) in [6.07, 6.45) is 2.93. The molecular formula is C17H21N3O4S. The molecule has 1 aromatic carbocycles. The van der Waals surface area contributed by atoms with Crippen molar-refractivity contribution in [2.24, 2.45) is 0 Å². The highest BCUT2D eigenvalue weighted by Crippen LogP contribution is 2.19. The zero-order valence-electron chi connectivity index (χ0n) is 14.2. The van der Waals surface area contributed by atoms with Crippen molar-refractivity contribution < 1.29 is 17.9 Å². The van der Waals surface area contributed by atoms with E-state index in [2.05, 4.69) is 19.8 Å². The lowest BCUT2D eigenvalue weighted by Gasteiger charge is -2.09. The first-order chi connectivity index (χ1) is 11.9. The summed E-state index contributed by atoms with van der Waals surface area (Å²) in [5.41, 5.74) is 1.79. The molecule has 1 heterocycles. The molecule has 134 valence electrons. The first kappa shape index (κ1) is 18.7. The maximum absolute atomic E-state index is 11.9. The van der Waals surface area contributed by atoms with E-state index in [0.717, 1.165) is 6.42 Å². The van der Waals surface area contributed by atoms with Crippen molar-refractivity contribution in [1.82, 2.24) is 4.98 Å². The molecule has 0 unspecified atom stereocenters. The highest BCUT2D eigenvalue weighted by atomic mass is 32.2. The van der Waals surface area contributed by atoms with Crippen LogP contribution in [0.4, 0.5) is 17.2 Å². The number of unbranched alkanes of at least 4 members (excludes halogenated alkanes) is 1. The predicted octanol–water partition coefficient (Wildman–Crippen LogP) is 3.15. The second-order valence-corrected chi connectivity index (χ2v) is 7.25. The maximum atomic E-state index is 11.9. The number of benzene rings is 1. The number of methoxy groups -OCH3 is 1. The lowest BCUT2D eigenvalue weighted by Crippen LogP contribution is -2.17. The Kier molecular flexibility index (Phi) is 6.35. The van der Waals surface area contributed by atoms with E-state index in [-0.39, 0.29) is 11.6 Å². The van der Waals surface area contributed by atoms with Crippen molar-refractivity contribution in [1.29, 1.82) is 0 Å². The van der Waals surface area contributed by atoms with E-state index >= 15 is 0 Å². The standard InChI is InChI=1S/C17H21N3O4S/c1-3-4-10-25(22,23)20-16-9-8-15(12-18-16)19-14-7-5-6-13(11-14)17(21)24-2/h5-9,11-12,19H,3-4,10H2,1-2H3,(H,18,20). The molecule has 0 fully saturated rings. The van der Waals surface area contributed by atoms with E-state index in [1.807, 2.05) is 6.92 Å². The molecule has 0 saturated carbocycles. The molecule has 0 bridgehead atoms. The Bertz CT molecular complexity index is 820. The van der Waals surface area contributed by atoms with Crippen molar-refractivity contribution >= 4 is 33.2 Å². The van der Waals surface area contributed by atoms with E-state index in [9.17, 15) is 13.2 Å². The van der Waals surface area contributed by atoms with Gasteiger partial charge in [0.15, 0.2) is 0 Å². The minimum Gasteiger partial charge on any atom is -0.465 e. The first-order valence-corrected chi connectivity index (χ1v) is 9.50. The van der Waals surface area contributed by atoms with Gasteiger partial charge < -0.3 is 10.1 Å². The van der Waals surface area contributed by atoms with E-state index in [4.69, 9.17) is 0 Å². The number of sulfonamides is 1. The minimum absolute atomic E-state index is 0.0749. The van der Waals surface area contributed by atoms with Gasteiger partial charge in [-0.25, -0.2) is 18.2 Å². The third kappa shape index (κ3) is 5.75. The van der Waals surface area contributed by atoms with Gasteiger partial charge in [0.2, 0.25) is 10.0 Å². The summed E-state index contributed by atoms with van der Waals surface area (Å²) in [7, 11) is -2.04. The van der Waals surface area contributed by atoms with Crippen LogP contribution in [0.1, 0.15) is 30.1 Å². The topological polar surface area (TPSA) is 97.4 Å². The summed E-state index contributed by atoms with van der Waals surface area (Å²) in [6, 6.07) is 10.1. The van der Waals surface area contributed by atoms with Crippen molar-refractivity contribution in [2.45, 2.75) is 19.8 Å². The Balaban J connectivity index is 2.04. The van der Waals surface area contributed by atoms with Gasteiger partial charge in [-0.2, -0.15) is 0 Å². The molecule has 25 heavy (non-hydrogen) atoms. The molecule has 0 spiro atoms. The van der Waals surface area contributed by atoms with Crippen LogP contribution in [-0.2, 0) is 14.8 Å². The number of aromatic nitrogens is 1. The van der Waals surface area contributed by atoms with Crippen LogP contribution in [-0.4, -0.2) is 32.2 Å². The molecule has 7 nitrogen and oxygen atoms in total. The van der Waals surface area contributed by atoms with Crippen LogP contribution in [0.15, 0.2) is 42.6 Å². The summed E-state index contributed by atoms with van der Waals surface area (Å²) in [4.78, 5) is 15.6. The zero-order valence-corrected chi connectivity index (χ0v) is 15.0. The largest absolute Gasteiger partial charge is 0.465 e. The van der Waals surface area contributed by atoms with Gasteiger partial charge in [0.05, 0.1) is 30.3 Å². The quantitative estimate of drug-likeness (QED) is 0.699. The molecule has 0 amide bonds. The predicted molar refractivity (Wildman–Crippen MR) is 97.6 cm³/mol.